The predicted octanol–water partition coefficient (Wildman–Crippen LogP) is 2.26. The molecule has 0 radical (unpaired) electrons. The number of nitrogens with one attached hydrogen (secondary N) is 1. The summed E-state index contributed by atoms with van der Waals surface area (Å²) < 4.78 is 23.3. The summed E-state index contributed by atoms with van der Waals surface area (Å²) in [4.78, 5) is 4.17. The van der Waals surface area contributed by atoms with E-state index in [1.165, 1.54) is 18.1 Å². The zero-order valence-electron chi connectivity index (χ0n) is 12.2. The fourth-order valence-electron chi connectivity index (χ4n) is 2.97. The lowest BCUT2D eigenvalue weighted by Crippen LogP contribution is -2.41. The number of hydrogen-bond acceptors (Lipinski definition) is 4. The van der Waals surface area contributed by atoms with Gasteiger partial charge < -0.3 is 5.32 Å². The number of anilines is 1. The summed E-state index contributed by atoms with van der Waals surface area (Å²) in [6, 6.07) is 13.4. The molecule has 0 amide bonds. The molecule has 3 rings (SSSR count). The molecule has 3 N–H and O–H groups in total. The first-order valence-corrected chi connectivity index (χ1v) is 8.83. The first-order valence-electron chi connectivity index (χ1n) is 7.29. The van der Waals surface area contributed by atoms with Crippen molar-refractivity contribution < 1.29 is 8.42 Å². The SMILES string of the molecule is NS(=O)(=O)c1cccnc1NCC1(c2ccccc2)CCC1. The van der Waals surface area contributed by atoms with Crippen molar-refractivity contribution in [3.05, 3.63) is 54.2 Å². The van der Waals surface area contributed by atoms with Crippen LogP contribution in [-0.4, -0.2) is 19.9 Å². The number of sulfonamides is 1. The van der Waals surface area contributed by atoms with E-state index < -0.39 is 10.0 Å². The van der Waals surface area contributed by atoms with Crippen molar-refractivity contribution in [2.24, 2.45) is 5.14 Å². The molecule has 1 aliphatic carbocycles. The molecule has 0 atom stereocenters. The molecular formula is C16H19N3O2S. The van der Waals surface area contributed by atoms with E-state index in [9.17, 15) is 8.42 Å². The average molecular weight is 317 g/mol. The normalized spacial score (nSPS) is 16.8. The van der Waals surface area contributed by atoms with Crippen LogP contribution in [0, 0.1) is 0 Å². The van der Waals surface area contributed by atoms with Crippen LogP contribution in [-0.2, 0) is 15.4 Å². The molecule has 0 unspecified atom stereocenters. The van der Waals surface area contributed by atoms with E-state index in [1.54, 1.807) is 12.3 Å². The molecule has 2 aromatic rings. The van der Waals surface area contributed by atoms with Crippen LogP contribution in [0.3, 0.4) is 0 Å². The van der Waals surface area contributed by atoms with E-state index in [2.05, 4.69) is 22.4 Å². The highest BCUT2D eigenvalue weighted by Crippen LogP contribution is 2.43. The van der Waals surface area contributed by atoms with E-state index in [0.717, 1.165) is 12.8 Å². The van der Waals surface area contributed by atoms with Gasteiger partial charge >= 0.3 is 0 Å². The molecule has 1 heterocycles. The Balaban J connectivity index is 1.84. The predicted molar refractivity (Wildman–Crippen MR) is 86.1 cm³/mol. The lowest BCUT2D eigenvalue weighted by molar-refractivity contribution is 0.260. The maximum Gasteiger partial charge on any atom is 0.241 e. The van der Waals surface area contributed by atoms with Crippen LogP contribution in [0.25, 0.3) is 0 Å². The quantitative estimate of drug-likeness (QED) is 0.886. The highest BCUT2D eigenvalue weighted by atomic mass is 32.2. The second kappa shape index (κ2) is 5.70. The lowest BCUT2D eigenvalue weighted by atomic mass is 9.64. The molecule has 0 spiro atoms. The molecule has 116 valence electrons. The minimum atomic E-state index is -3.78. The summed E-state index contributed by atoms with van der Waals surface area (Å²) in [5, 5.41) is 8.44. The molecular weight excluding hydrogens is 298 g/mol. The van der Waals surface area contributed by atoms with Gasteiger partial charge in [-0.3, -0.25) is 0 Å². The fourth-order valence-corrected chi connectivity index (χ4v) is 3.63. The molecule has 1 aromatic heterocycles. The van der Waals surface area contributed by atoms with E-state index in [4.69, 9.17) is 5.14 Å². The van der Waals surface area contributed by atoms with E-state index >= 15 is 0 Å². The van der Waals surface area contributed by atoms with Crippen molar-refractivity contribution in [2.45, 2.75) is 29.6 Å². The number of pyridine rings is 1. The van der Waals surface area contributed by atoms with Gasteiger partial charge in [0.1, 0.15) is 10.7 Å². The monoisotopic (exact) mass is 317 g/mol. The summed E-state index contributed by atoms with van der Waals surface area (Å²) in [6.07, 6.45) is 4.91. The van der Waals surface area contributed by atoms with Crippen LogP contribution < -0.4 is 10.5 Å². The first kappa shape index (κ1) is 15.0. The van der Waals surface area contributed by atoms with Gasteiger partial charge in [0.15, 0.2) is 0 Å². The van der Waals surface area contributed by atoms with Gasteiger partial charge in [-0.1, -0.05) is 36.8 Å². The molecule has 1 aliphatic rings. The van der Waals surface area contributed by atoms with Gasteiger partial charge in [-0.2, -0.15) is 0 Å². The van der Waals surface area contributed by atoms with Crippen LogP contribution >= 0.6 is 0 Å². The van der Waals surface area contributed by atoms with Crippen molar-refractivity contribution >= 4 is 15.8 Å². The molecule has 0 aliphatic heterocycles. The van der Waals surface area contributed by atoms with E-state index in [0.29, 0.717) is 12.4 Å². The Bertz CT molecular complexity index is 756. The maximum absolute atomic E-state index is 11.6. The Hall–Kier alpha value is -1.92. The van der Waals surface area contributed by atoms with Crippen molar-refractivity contribution in [1.29, 1.82) is 0 Å². The smallest absolute Gasteiger partial charge is 0.241 e. The van der Waals surface area contributed by atoms with Crippen LogP contribution in [0.4, 0.5) is 5.82 Å². The van der Waals surface area contributed by atoms with E-state index in [1.807, 2.05) is 18.2 Å². The van der Waals surface area contributed by atoms with Crippen molar-refractivity contribution in [3.8, 4) is 0 Å². The Morgan fingerprint density at radius 2 is 1.86 bits per heavy atom. The molecule has 6 heteroatoms. The number of rotatable bonds is 5. The summed E-state index contributed by atoms with van der Waals surface area (Å²) in [6.45, 7) is 0.649. The minimum Gasteiger partial charge on any atom is -0.368 e. The number of aromatic nitrogens is 1. The standard InChI is InChI=1S/C16H19N3O2S/c17-22(20,21)14-8-4-11-18-15(14)19-12-16(9-5-10-16)13-6-2-1-3-7-13/h1-4,6-8,11H,5,9-10,12H2,(H,18,19)(H2,17,20,21). The summed E-state index contributed by atoms with van der Waals surface area (Å²) in [5.41, 5.74) is 1.33. The van der Waals surface area contributed by atoms with Gasteiger partial charge in [0.2, 0.25) is 10.0 Å². The third-order valence-corrected chi connectivity index (χ3v) is 5.31. The third-order valence-electron chi connectivity index (χ3n) is 4.37. The molecule has 0 bridgehead atoms. The Labute approximate surface area is 130 Å². The van der Waals surface area contributed by atoms with Crippen LogP contribution in [0.2, 0.25) is 0 Å². The first-order chi connectivity index (χ1) is 10.5. The van der Waals surface area contributed by atoms with E-state index in [-0.39, 0.29) is 10.3 Å². The number of benzene rings is 1. The molecule has 5 nitrogen and oxygen atoms in total. The zero-order chi connectivity index (χ0) is 15.6. The van der Waals surface area contributed by atoms with Gasteiger partial charge in [-0.15, -0.1) is 0 Å². The van der Waals surface area contributed by atoms with Gasteiger partial charge in [0.05, 0.1) is 0 Å². The largest absolute Gasteiger partial charge is 0.368 e. The van der Waals surface area contributed by atoms with Crippen LogP contribution in [0.5, 0.6) is 0 Å². The lowest BCUT2D eigenvalue weighted by Gasteiger charge is -2.42. The highest BCUT2D eigenvalue weighted by molar-refractivity contribution is 7.89. The molecule has 1 saturated carbocycles. The topological polar surface area (TPSA) is 85.1 Å². The van der Waals surface area contributed by atoms with Crippen LogP contribution in [0.15, 0.2) is 53.6 Å². The van der Waals surface area contributed by atoms with Crippen LogP contribution in [0.1, 0.15) is 24.8 Å². The summed E-state index contributed by atoms with van der Waals surface area (Å²) in [7, 11) is -3.78. The van der Waals surface area contributed by atoms with Gasteiger partial charge in [0.25, 0.3) is 0 Å². The van der Waals surface area contributed by atoms with Gasteiger partial charge in [-0.25, -0.2) is 18.5 Å². The van der Waals surface area contributed by atoms with Crippen molar-refractivity contribution in [1.82, 2.24) is 4.98 Å². The second-order valence-electron chi connectivity index (χ2n) is 5.75. The zero-order valence-corrected chi connectivity index (χ0v) is 13.0. The molecule has 22 heavy (non-hydrogen) atoms. The van der Waals surface area contributed by atoms with Crippen molar-refractivity contribution in [2.75, 3.05) is 11.9 Å². The number of hydrogen-bond donors (Lipinski definition) is 2. The summed E-state index contributed by atoms with van der Waals surface area (Å²) >= 11 is 0. The third kappa shape index (κ3) is 2.84. The number of primary sulfonamides is 1. The highest BCUT2D eigenvalue weighted by Gasteiger charge is 2.38. The number of nitrogens with zero attached hydrogens (tertiary/aromatic N) is 1. The number of nitrogens with two attached hydrogens (primary N) is 1. The maximum atomic E-state index is 11.6. The summed E-state index contributed by atoms with van der Waals surface area (Å²) in [5.74, 6) is 0.326. The Morgan fingerprint density at radius 1 is 1.14 bits per heavy atom. The Kier molecular flexibility index (Phi) is 3.88. The van der Waals surface area contributed by atoms with Crippen molar-refractivity contribution in [3.63, 3.8) is 0 Å². The van der Waals surface area contributed by atoms with Gasteiger partial charge in [0, 0.05) is 18.2 Å². The minimum absolute atomic E-state index is 0.0394. The average Bonchev–Trinajstić information content (AvgIpc) is 2.47. The molecule has 0 saturated heterocycles. The Morgan fingerprint density at radius 3 is 2.45 bits per heavy atom. The van der Waals surface area contributed by atoms with Gasteiger partial charge in [-0.05, 0) is 30.5 Å². The molecule has 1 aromatic carbocycles. The molecule has 1 fully saturated rings. The second-order valence-corrected chi connectivity index (χ2v) is 7.28. The fraction of sp³-hybridized carbons (Fsp3) is 0.312.